The van der Waals surface area contributed by atoms with E-state index >= 15 is 0 Å². The van der Waals surface area contributed by atoms with Crippen molar-refractivity contribution in [2.45, 2.75) is 69.7 Å². The minimum Gasteiger partial charge on any atom is -0.481 e. The van der Waals surface area contributed by atoms with Crippen LogP contribution in [0.15, 0.2) is 17.1 Å². The molecule has 198 valence electrons. The SMILES string of the molecule is CC[C@@H](C)[C@@H](N)C(=O)OC[C@H]1O[C@@H](n2ccc(N)nc2=O)[C@@H](O)[C@@H]1O.N[C@@H](CCC(=O)O)C(=O)O. The number of nitrogen functional groups attached to an aromatic ring is 1. The Balaban J connectivity index is 0.000000518. The van der Waals surface area contributed by atoms with Gasteiger partial charge in [0, 0.05) is 12.6 Å². The Labute approximate surface area is 200 Å². The van der Waals surface area contributed by atoms with Crippen molar-refractivity contribution >= 4 is 23.7 Å². The fraction of sp³-hybridized carbons (Fsp3) is 0.650. The molecule has 15 heteroatoms. The maximum Gasteiger partial charge on any atom is 0.351 e. The number of nitrogens with zero attached hydrogens (tertiary/aromatic N) is 2. The first-order valence-electron chi connectivity index (χ1n) is 10.8. The van der Waals surface area contributed by atoms with Crippen LogP contribution in [0.3, 0.4) is 0 Å². The normalized spacial score (nSPS) is 23.9. The maximum atomic E-state index is 11.9. The number of aliphatic hydroxyl groups is 2. The molecule has 0 aromatic carbocycles. The van der Waals surface area contributed by atoms with E-state index in [9.17, 15) is 29.4 Å². The lowest BCUT2D eigenvalue weighted by Gasteiger charge is -2.19. The van der Waals surface area contributed by atoms with Gasteiger partial charge in [-0.2, -0.15) is 4.98 Å². The van der Waals surface area contributed by atoms with Crippen molar-refractivity contribution in [2.24, 2.45) is 17.4 Å². The standard InChI is InChI=1S/C15H24N4O6.C5H9NO4/c1-3-7(2)10(17)14(22)24-6-8-11(20)12(21)13(25-8)19-5-4-9(16)18-15(19)23;6-3(5(9)10)1-2-4(7)8/h4-5,7-8,10-13,20-21H,3,6,17H2,1-2H3,(H2,16,18,23);3H,1-2,6H2,(H,7,8)(H,9,10)/t7-,8-,10-,11-,12+,13-;3-/m10/s1. The molecule has 0 bridgehead atoms. The summed E-state index contributed by atoms with van der Waals surface area (Å²) in [6.07, 6.45) is -3.11. The van der Waals surface area contributed by atoms with Gasteiger partial charge in [0.25, 0.3) is 0 Å². The second-order valence-electron chi connectivity index (χ2n) is 8.01. The van der Waals surface area contributed by atoms with Crippen molar-refractivity contribution in [3.8, 4) is 0 Å². The summed E-state index contributed by atoms with van der Waals surface area (Å²) in [4.78, 5) is 47.2. The second kappa shape index (κ2) is 13.7. The highest BCUT2D eigenvalue weighted by atomic mass is 16.6. The van der Waals surface area contributed by atoms with Crippen LogP contribution in [0.5, 0.6) is 0 Å². The van der Waals surface area contributed by atoms with E-state index in [1.54, 1.807) is 0 Å². The minimum atomic E-state index is -1.39. The molecule has 1 fully saturated rings. The maximum absolute atomic E-state index is 11.9. The van der Waals surface area contributed by atoms with E-state index in [1.165, 1.54) is 12.3 Å². The summed E-state index contributed by atoms with van der Waals surface area (Å²) in [6, 6.07) is -0.480. The van der Waals surface area contributed by atoms with E-state index in [2.05, 4.69) is 4.98 Å². The molecule has 15 nitrogen and oxygen atoms in total. The van der Waals surface area contributed by atoms with Gasteiger partial charge in [-0.15, -0.1) is 0 Å². The molecule has 7 atom stereocenters. The first-order valence-corrected chi connectivity index (χ1v) is 10.8. The minimum absolute atomic E-state index is 0.0231. The average Bonchev–Trinajstić information content (AvgIpc) is 3.08. The van der Waals surface area contributed by atoms with Crippen molar-refractivity contribution in [3.05, 3.63) is 22.7 Å². The number of rotatable bonds is 10. The van der Waals surface area contributed by atoms with Gasteiger partial charge in [0.1, 0.15) is 42.8 Å². The summed E-state index contributed by atoms with van der Waals surface area (Å²) < 4.78 is 11.6. The lowest BCUT2D eigenvalue weighted by Crippen LogP contribution is -2.41. The summed E-state index contributed by atoms with van der Waals surface area (Å²) in [5.74, 6) is -2.84. The third-order valence-corrected chi connectivity index (χ3v) is 5.37. The fourth-order valence-corrected chi connectivity index (χ4v) is 2.87. The molecule has 0 amide bonds. The van der Waals surface area contributed by atoms with Crippen LogP contribution in [0.2, 0.25) is 0 Å². The number of esters is 1. The molecule has 1 aromatic rings. The molecule has 0 unspecified atom stereocenters. The number of hydrogen-bond acceptors (Lipinski definition) is 12. The zero-order valence-corrected chi connectivity index (χ0v) is 19.4. The van der Waals surface area contributed by atoms with Crippen molar-refractivity contribution in [2.75, 3.05) is 12.3 Å². The van der Waals surface area contributed by atoms with Crippen LogP contribution in [0, 0.1) is 5.92 Å². The summed E-state index contributed by atoms with van der Waals surface area (Å²) in [7, 11) is 0. The summed E-state index contributed by atoms with van der Waals surface area (Å²) in [5, 5.41) is 36.5. The van der Waals surface area contributed by atoms with E-state index in [-0.39, 0.29) is 31.2 Å². The molecule has 0 saturated carbocycles. The third kappa shape index (κ3) is 8.88. The lowest BCUT2D eigenvalue weighted by molar-refractivity contribution is -0.153. The lowest BCUT2D eigenvalue weighted by atomic mass is 10.0. The molecule has 0 radical (unpaired) electrons. The predicted molar refractivity (Wildman–Crippen MR) is 120 cm³/mol. The smallest absolute Gasteiger partial charge is 0.351 e. The van der Waals surface area contributed by atoms with Gasteiger partial charge in [-0.3, -0.25) is 19.0 Å². The van der Waals surface area contributed by atoms with Crippen molar-refractivity contribution in [3.63, 3.8) is 0 Å². The Morgan fingerprint density at radius 2 is 1.86 bits per heavy atom. The van der Waals surface area contributed by atoms with Gasteiger partial charge in [0.15, 0.2) is 6.23 Å². The number of aliphatic carboxylic acids is 2. The number of aromatic nitrogens is 2. The molecule has 1 saturated heterocycles. The molecule has 10 N–H and O–H groups in total. The Morgan fingerprint density at radius 1 is 1.23 bits per heavy atom. The zero-order valence-electron chi connectivity index (χ0n) is 19.4. The largest absolute Gasteiger partial charge is 0.481 e. The molecule has 35 heavy (non-hydrogen) atoms. The van der Waals surface area contributed by atoms with Gasteiger partial charge < -0.3 is 47.1 Å². The first kappa shape index (κ1) is 29.9. The predicted octanol–water partition coefficient (Wildman–Crippen LogP) is -2.38. The summed E-state index contributed by atoms with van der Waals surface area (Å²) in [6.45, 7) is 3.43. The van der Waals surface area contributed by atoms with Gasteiger partial charge in [0.05, 0.1) is 0 Å². The van der Waals surface area contributed by atoms with E-state index in [1.807, 2.05) is 13.8 Å². The zero-order chi connectivity index (χ0) is 26.9. The third-order valence-electron chi connectivity index (χ3n) is 5.37. The van der Waals surface area contributed by atoms with Crippen LogP contribution in [0.4, 0.5) is 5.82 Å². The molecule has 0 aliphatic carbocycles. The van der Waals surface area contributed by atoms with Gasteiger partial charge in [-0.05, 0) is 18.4 Å². The summed E-state index contributed by atoms with van der Waals surface area (Å²) >= 11 is 0. The van der Waals surface area contributed by atoms with E-state index in [4.69, 9.17) is 36.9 Å². The molecule has 2 rings (SSSR count). The molecule has 1 aliphatic rings. The Hall–Kier alpha value is -3.11. The number of carbonyl (C=O) groups excluding carboxylic acids is 1. The Morgan fingerprint density at radius 3 is 2.37 bits per heavy atom. The van der Waals surface area contributed by atoms with E-state index in [0.717, 1.165) is 4.57 Å². The molecular formula is C20H33N5O10. The number of aliphatic hydroxyl groups excluding tert-OH is 2. The number of hydrogen-bond donors (Lipinski definition) is 7. The van der Waals surface area contributed by atoms with Crippen LogP contribution in [0.1, 0.15) is 39.3 Å². The van der Waals surface area contributed by atoms with Crippen LogP contribution >= 0.6 is 0 Å². The molecule has 2 heterocycles. The van der Waals surface area contributed by atoms with Crippen LogP contribution in [0.25, 0.3) is 0 Å². The number of nitrogens with two attached hydrogens (primary N) is 3. The molecule has 1 aliphatic heterocycles. The Bertz CT molecular complexity index is 926. The fourth-order valence-electron chi connectivity index (χ4n) is 2.87. The van der Waals surface area contributed by atoms with Gasteiger partial charge in [0.2, 0.25) is 0 Å². The molecular weight excluding hydrogens is 470 g/mol. The van der Waals surface area contributed by atoms with Gasteiger partial charge in [-0.25, -0.2) is 4.79 Å². The van der Waals surface area contributed by atoms with Crippen LogP contribution in [-0.2, 0) is 23.9 Å². The van der Waals surface area contributed by atoms with Gasteiger partial charge in [-0.1, -0.05) is 20.3 Å². The van der Waals surface area contributed by atoms with Crippen molar-refractivity contribution in [1.29, 1.82) is 0 Å². The highest BCUT2D eigenvalue weighted by molar-refractivity contribution is 5.76. The average molecular weight is 504 g/mol. The van der Waals surface area contributed by atoms with Crippen molar-refractivity contribution in [1.82, 2.24) is 9.55 Å². The van der Waals surface area contributed by atoms with E-state index < -0.39 is 60.2 Å². The number of ether oxygens (including phenoxy) is 2. The summed E-state index contributed by atoms with van der Waals surface area (Å²) in [5.41, 5.74) is 15.5. The highest BCUT2D eigenvalue weighted by Gasteiger charge is 2.45. The quantitative estimate of drug-likeness (QED) is 0.164. The van der Waals surface area contributed by atoms with Crippen LogP contribution < -0.4 is 22.9 Å². The van der Waals surface area contributed by atoms with Crippen LogP contribution in [-0.4, -0.2) is 84.9 Å². The molecule has 0 spiro atoms. The number of carboxylic acid groups (broad SMARTS) is 2. The monoisotopic (exact) mass is 503 g/mol. The molecule has 1 aromatic heterocycles. The number of anilines is 1. The Kier molecular flexibility index (Phi) is 11.7. The van der Waals surface area contributed by atoms with Gasteiger partial charge >= 0.3 is 23.6 Å². The second-order valence-corrected chi connectivity index (χ2v) is 8.01. The van der Waals surface area contributed by atoms with Crippen molar-refractivity contribution < 1.29 is 44.3 Å². The number of carbonyl (C=O) groups is 3. The number of carboxylic acids is 2. The topological polar surface area (TPSA) is 264 Å². The highest BCUT2D eigenvalue weighted by Crippen LogP contribution is 2.28. The first-order chi connectivity index (χ1) is 16.3. The van der Waals surface area contributed by atoms with E-state index in [0.29, 0.717) is 6.42 Å².